The third-order valence-electron chi connectivity index (χ3n) is 4.76. The molecule has 28 heavy (non-hydrogen) atoms. The predicted octanol–water partition coefficient (Wildman–Crippen LogP) is 4.44. The Morgan fingerprint density at radius 2 is 1.64 bits per heavy atom. The Labute approximate surface area is 165 Å². The van der Waals surface area contributed by atoms with Gasteiger partial charge in [0, 0.05) is 18.7 Å². The number of amides is 1. The fourth-order valence-corrected chi connectivity index (χ4v) is 5.20. The van der Waals surface area contributed by atoms with Crippen LogP contribution in [-0.2, 0) is 16.0 Å². The van der Waals surface area contributed by atoms with Gasteiger partial charge in [0.25, 0.3) is 5.91 Å². The van der Waals surface area contributed by atoms with E-state index in [1.165, 1.54) is 0 Å². The molecule has 1 aliphatic rings. The zero-order valence-electron chi connectivity index (χ0n) is 14.6. The first-order chi connectivity index (χ1) is 13.1. The van der Waals surface area contributed by atoms with E-state index in [0.29, 0.717) is 11.6 Å². The minimum Gasteiger partial charge on any atom is -0.339 e. The summed E-state index contributed by atoms with van der Waals surface area (Å²) < 4.78 is 64.7. The molecule has 2 aromatic carbocycles. The van der Waals surface area contributed by atoms with E-state index in [1.54, 1.807) is 35.2 Å². The average molecular weight is 432 g/mol. The topological polar surface area (TPSA) is 54.5 Å². The van der Waals surface area contributed by atoms with Crippen LogP contribution in [-0.4, -0.2) is 37.6 Å². The summed E-state index contributed by atoms with van der Waals surface area (Å²) in [6, 6.07) is 11.2. The maximum absolute atomic E-state index is 13.0. The van der Waals surface area contributed by atoms with Crippen LogP contribution in [0.25, 0.3) is 0 Å². The van der Waals surface area contributed by atoms with Crippen molar-refractivity contribution in [2.24, 2.45) is 0 Å². The maximum atomic E-state index is 13.0. The molecule has 150 valence electrons. The van der Waals surface area contributed by atoms with E-state index in [1.807, 2.05) is 0 Å². The lowest BCUT2D eigenvalue weighted by atomic mass is 10.1. The van der Waals surface area contributed by atoms with Gasteiger partial charge in [-0.05, 0) is 43.2 Å². The second-order valence-electron chi connectivity index (χ2n) is 6.54. The molecule has 0 atom stereocenters. The standard InChI is InChI=1S/C19H17ClF3NO3S/c20-17-7-6-15(12-16(17)19(21,22)23)28(26,27)14-8-10-24(11-9-14)18(25)13-4-2-1-3-5-13/h1-7,12,14H,8-11H2. The molecule has 0 spiro atoms. The molecule has 0 radical (unpaired) electrons. The number of rotatable bonds is 3. The highest BCUT2D eigenvalue weighted by molar-refractivity contribution is 7.92. The number of hydrogen-bond donors (Lipinski definition) is 0. The Balaban J connectivity index is 1.76. The van der Waals surface area contributed by atoms with Crippen LogP contribution in [0.15, 0.2) is 53.4 Å². The second kappa shape index (κ2) is 7.75. The van der Waals surface area contributed by atoms with Gasteiger partial charge < -0.3 is 4.90 Å². The average Bonchev–Trinajstić information content (AvgIpc) is 2.67. The van der Waals surface area contributed by atoms with Crippen LogP contribution in [0, 0.1) is 0 Å². The smallest absolute Gasteiger partial charge is 0.339 e. The van der Waals surface area contributed by atoms with Crippen LogP contribution < -0.4 is 0 Å². The van der Waals surface area contributed by atoms with Crippen molar-refractivity contribution in [3.63, 3.8) is 0 Å². The Morgan fingerprint density at radius 1 is 1.04 bits per heavy atom. The van der Waals surface area contributed by atoms with Crippen molar-refractivity contribution in [3.8, 4) is 0 Å². The molecule has 1 saturated heterocycles. The van der Waals surface area contributed by atoms with Crippen LogP contribution in [0.4, 0.5) is 13.2 Å². The molecule has 1 aliphatic heterocycles. The van der Waals surface area contributed by atoms with E-state index in [0.717, 1.165) is 12.1 Å². The van der Waals surface area contributed by atoms with Crippen LogP contribution in [0.1, 0.15) is 28.8 Å². The zero-order chi connectivity index (χ0) is 20.5. The van der Waals surface area contributed by atoms with Crippen molar-refractivity contribution in [1.82, 2.24) is 4.90 Å². The minimum absolute atomic E-state index is 0.158. The first kappa shape index (κ1) is 20.7. The van der Waals surface area contributed by atoms with E-state index in [2.05, 4.69) is 0 Å². The SMILES string of the molecule is O=C(c1ccccc1)N1CCC(S(=O)(=O)c2ccc(Cl)c(C(F)(F)F)c2)CC1. The molecule has 9 heteroatoms. The molecule has 1 fully saturated rings. The molecule has 0 saturated carbocycles. The number of halogens is 4. The summed E-state index contributed by atoms with van der Waals surface area (Å²) in [6.07, 6.45) is -4.43. The van der Waals surface area contributed by atoms with Gasteiger partial charge in [-0.2, -0.15) is 13.2 Å². The summed E-state index contributed by atoms with van der Waals surface area (Å²) in [5.41, 5.74) is -0.664. The van der Waals surface area contributed by atoms with Gasteiger partial charge >= 0.3 is 6.18 Å². The fourth-order valence-electron chi connectivity index (χ4n) is 3.22. The highest BCUT2D eigenvalue weighted by atomic mass is 35.5. The molecular formula is C19H17ClF3NO3S. The molecular weight excluding hydrogens is 415 g/mol. The number of hydrogen-bond acceptors (Lipinski definition) is 3. The molecule has 1 amide bonds. The number of sulfone groups is 1. The number of piperidine rings is 1. The lowest BCUT2D eigenvalue weighted by Gasteiger charge is -2.32. The number of nitrogens with zero attached hydrogens (tertiary/aromatic N) is 1. The Kier molecular flexibility index (Phi) is 5.72. The number of likely N-dealkylation sites (tertiary alicyclic amines) is 1. The third kappa shape index (κ3) is 4.17. The van der Waals surface area contributed by atoms with Crippen LogP contribution in [0.2, 0.25) is 5.02 Å². The van der Waals surface area contributed by atoms with Crippen molar-refractivity contribution in [2.45, 2.75) is 29.2 Å². The van der Waals surface area contributed by atoms with Crippen molar-refractivity contribution >= 4 is 27.3 Å². The lowest BCUT2D eigenvalue weighted by molar-refractivity contribution is -0.137. The molecule has 2 aromatic rings. The summed E-state index contributed by atoms with van der Waals surface area (Å²) >= 11 is 5.57. The van der Waals surface area contributed by atoms with Crippen LogP contribution >= 0.6 is 11.6 Å². The number of alkyl halides is 3. The first-order valence-electron chi connectivity index (χ1n) is 8.55. The monoisotopic (exact) mass is 431 g/mol. The molecule has 0 aromatic heterocycles. The van der Waals surface area contributed by atoms with Crippen molar-refractivity contribution in [1.29, 1.82) is 0 Å². The summed E-state index contributed by atoms with van der Waals surface area (Å²) in [5, 5.41) is -1.40. The predicted molar refractivity (Wildman–Crippen MR) is 99.0 cm³/mol. The van der Waals surface area contributed by atoms with E-state index < -0.39 is 36.7 Å². The van der Waals surface area contributed by atoms with E-state index in [4.69, 9.17) is 11.6 Å². The zero-order valence-corrected chi connectivity index (χ0v) is 16.2. The Hall–Kier alpha value is -2.06. The van der Waals surface area contributed by atoms with Gasteiger partial charge in [0.1, 0.15) is 0 Å². The lowest BCUT2D eigenvalue weighted by Crippen LogP contribution is -2.42. The van der Waals surface area contributed by atoms with Gasteiger partial charge in [-0.3, -0.25) is 4.79 Å². The van der Waals surface area contributed by atoms with Gasteiger partial charge in [-0.15, -0.1) is 0 Å². The fraction of sp³-hybridized carbons (Fsp3) is 0.316. The molecule has 0 aliphatic carbocycles. The molecule has 0 unspecified atom stereocenters. The maximum Gasteiger partial charge on any atom is 0.417 e. The first-order valence-corrected chi connectivity index (χ1v) is 10.5. The third-order valence-corrected chi connectivity index (χ3v) is 7.35. The van der Waals surface area contributed by atoms with Crippen molar-refractivity contribution < 1.29 is 26.4 Å². The molecule has 4 nitrogen and oxygen atoms in total. The van der Waals surface area contributed by atoms with Gasteiger partial charge in [0.2, 0.25) is 0 Å². The Morgan fingerprint density at radius 3 is 2.21 bits per heavy atom. The van der Waals surface area contributed by atoms with Gasteiger partial charge in [-0.25, -0.2) is 8.42 Å². The normalized spacial score (nSPS) is 16.2. The van der Waals surface area contributed by atoms with E-state index in [9.17, 15) is 26.4 Å². The van der Waals surface area contributed by atoms with Crippen molar-refractivity contribution in [2.75, 3.05) is 13.1 Å². The highest BCUT2D eigenvalue weighted by Gasteiger charge is 2.37. The Bertz CT molecular complexity index is 970. The highest BCUT2D eigenvalue weighted by Crippen LogP contribution is 2.37. The summed E-state index contributed by atoms with van der Waals surface area (Å²) in [6.45, 7) is 0.439. The van der Waals surface area contributed by atoms with Crippen molar-refractivity contribution in [3.05, 3.63) is 64.7 Å². The van der Waals surface area contributed by atoms with Gasteiger partial charge in [0.15, 0.2) is 9.84 Å². The summed E-state index contributed by atoms with van der Waals surface area (Å²) in [5.74, 6) is -0.192. The van der Waals surface area contributed by atoms with Gasteiger partial charge in [-0.1, -0.05) is 29.8 Å². The van der Waals surface area contributed by atoms with Crippen LogP contribution in [0.3, 0.4) is 0 Å². The summed E-state index contributed by atoms with van der Waals surface area (Å²) in [7, 11) is -3.97. The number of carbonyl (C=O) groups excluding carboxylic acids is 1. The van der Waals surface area contributed by atoms with Gasteiger partial charge in [0.05, 0.1) is 20.7 Å². The largest absolute Gasteiger partial charge is 0.417 e. The number of benzene rings is 2. The second-order valence-corrected chi connectivity index (χ2v) is 9.18. The number of carbonyl (C=O) groups is 1. The minimum atomic E-state index is -4.74. The summed E-state index contributed by atoms with van der Waals surface area (Å²) in [4.78, 5) is 13.6. The van der Waals surface area contributed by atoms with Crippen LogP contribution in [0.5, 0.6) is 0 Å². The van der Waals surface area contributed by atoms with E-state index >= 15 is 0 Å². The molecule has 1 heterocycles. The quantitative estimate of drug-likeness (QED) is 0.722. The molecule has 0 N–H and O–H groups in total. The van der Waals surface area contributed by atoms with E-state index in [-0.39, 0.29) is 31.8 Å². The molecule has 0 bridgehead atoms. The molecule has 3 rings (SSSR count).